The van der Waals surface area contributed by atoms with Crippen LogP contribution in [0.25, 0.3) is 0 Å². The fourth-order valence-electron chi connectivity index (χ4n) is 3.66. The van der Waals surface area contributed by atoms with Crippen molar-refractivity contribution in [2.45, 2.75) is 39.0 Å². The summed E-state index contributed by atoms with van der Waals surface area (Å²) < 4.78 is 16.9. The number of hydrogen-bond donors (Lipinski definition) is 1. The third-order valence-corrected chi connectivity index (χ3v) is 4.99. The Labute approximate surface area is 161 Å². The number of rotatable bonds is 8. The summed E-state index contributed by atoms with van der Waals surface area (Å²) in [6.07, 6.45) is 2.41. The molecule has 0 amide bonds. The Hall–Kier alpha value is -2.24. The van der Waals surface area contributed by atoms with Crippen LogP contribution in [-0.2, 0) is 17.8 Å². The zero-order chi connectivity index (χ0) is 19.2. The number of ether oxygens (including phenoxy) is 3. The number of methoxy groups -OCH3 is 2. The standard InChI is InChI=1S/C22H29NO4/c1-16-9-10-20(24)18(12-16)14-23(15-19-7-5-11-27-19)13-17-6-4-8-21(25-2)22(17)26-3/h4,6,8-10,12,19,24H,5,7,11,13-15H2,1-3H3. The van der Waals surface area contributed by atoms with Crippen molar-refractivity contribution in [3.05, 3.63) is 53.1 Å². The Morgan fingerprint density at radius 3 is 2.63 bits per heavy atom. The van der Waals surface area contributed by atoms with Crippen molar-refractivity contribution < 1.29 is 19.3 Å². The zero-order valence-electron chi connectivity index (χ0n) is 16.4. The van der Waals surface area contributed by atoms with E-state index in [0.29, 0.717) is 18.8 Å². The van der Waals surface area contributed by atoms with Gasteiger partial charge in [-0.15, -0.1) is 0 Å². The lowest BCUT2D eigenvalue weighted by Gasteiger charge is -2.27. The SMILES string of the molecule is COc1cccc(CN(Cc2cc(C)ccc2O)CC2CCCO2)c1OC. The van der Waals surface area contributed by atoms with Crippen molar-refractivity contribution in [1.29, 1.82) is 0 Å². The maximum atomic E-state index is 10.3. The summed E-state index contributed by atoms with van der Waals surface area (Å²) in [5.74, 6) is 1.81. The van der Waals surface area contributed by atoms with Gasteiger partial charge in [0.2, 0.25) is 0 Å². The maximum Gasteiger partial charge on any atom is 0.165 e. The summed E-state index contributed by atoms with van der Waals surface area (Å²) in [6.45, 7) is 5.02. The van der Waals surface area contributed by atoms with Gasteiger partial charge >= 0.3 is 0 Å². The van der Waals surface area contributed by atoms with Gasteiger partial charge < -0.3 is 19.3 Å². The first-order valence-corrected chi connectivity index (χ1v) is 9.43. The first-order chi connectivity index (χ1) is 13.1. The molecule has 1 heterocycles. The van der Waals surface area contributed by atoms with Gasteiger partial charge in [0.15, 0.2) is 11.5 Å². The van der Waals surface area contributed by atoms with E-state index in [1.807, 2.05) is 31.2 Å². The van der Waals surface area contributed by atoms with E-state index in [9.17, 15) is 5.11 Å². The molecule has 2 aromatic rings. The topological polar surface area (TPSA) is 51.2 Å². The quantitative estimate of drug-likeness (QED) is 0.763. The third kappa shape index (κ3) is 4.93. The fraction of sp³-hybridized carbons (Fsp3) is 0.455. The van der Waals surface area contributed by atoms with Crippen LogP contribution in [0.1, 0.15) is 29.5 Å². The molecular formula is C22H29NO4. The molecular weight excluding hydrogens is 342 g/mol. The minimum absolute atomic E-state index is 0.230. The first-order valence-electron chi connectivity index (χ1n) is 9.43. The van der Waals surface area contributed by atoms with Gasteiger partial charge in [-0.05, 0) is 31.9 Å². The largest absolute Gasteiger partial charge is 0.508 e. The molecule has 0 radical (unpaired) electrons. The van der Waals surface area contributed by atoms with E-state index in [-0.39, 0.29) is 6.10 Å². The fourth-order valence-corrected chi connectivity index (χ4v) is 3.66. The van der Waals surface area contributed by atoms with Crippen LogP contribution < -0.4 is 9.47 Å². The average Bonchev–Trinajstić information content (AvgIpc) is 3.17. The highest BCUT2D eigenvalue weighted by atomic mass is 16.5. The number of aromatic hydroxyl groups is 1. The van der Waals surface area contributed by atoms with Crippen molar-refractivity contribution in [2.75, 3.05) is 27.4 Å². The molecule has 0 aromatic heterocycles. The molecule has 0 spiro atoms. The van der Waals surface area contributed by atoms with Gasteiger partial charge in [-0.3, -0.25) is 4.90 Å². The Bertz CT molecular complexity index is 756. The number of nitrogens with zero attached hydrogens (tertiary/aromatic N) is 1. The van der Waals surface area contributed by atoms with Crippen LogP contribution >= 0.6 is 0 Å². The highest BCUT2D eigenvalue weighted by molar-refractivity contribution is 5.46. The number of aryl methyl sites for hydroxylation is 1. The van der Waals surface area contributed by atoms with Crippen molar-refractivity contribution in [3.63, 3.8) is 0 Å². The van der Waals surface area contributed by atoms with Crippen LogP contribution in [0.2, 0.25) is 0 Å². The smallest absolute Gasteiger partial charge is 0.165 e. The molecule has 5 nitrogen and oxygen atoms in total. The third-order valence-electron chi connectivity index (χ3n) is 4.99. The Morgan fingerprint density at radius 1 is 1.11 bits per heavy atom. The monoisotopic (exact) mass is 371 g/mol. The molecule has 3 rings (SSSR count). The number of phenols is 1. The predicted octanol–water partition coefficient (Wildman–Crippen LogP) is 3.90. The van der Waals surface area contributed by atoms with Gasteiger partial charge in [-0.2, -0.15) is 0 Å². The van der Waals surface area contributed by atoms with Crippen LogP contribution in [0.5, 0.6) is 17.2 Å². The van der Waals surface area contributed by atoms with Gasteiger partial charge in [0, 0.05) is 37.4 Å². The molecule has 1 atom stereocenters. The highest BCUT2D eigenvalue weighted by Crippen LogP contribution is 2.32. The van der Waals surface area contributed by atoms with Crippen molar-refractivity contribution >= 4 is 0 Å². The number of para-hydroxylation sites is 1. The molecule has 1 aliphatic rings. The number of phenolic OH excluding ortho intramolecular Hbond substituents is 1. The van der Waals surface area contributed by atoms with Crippen molar-refractivity contribution in [3.8, 4) is 17.2 Å². The zero-order valence-corrected chi connectivity index (χ0v) is 16.4. The van der Waals surface area contributed by atoms with Crippen LogP contribution in [0.3, 0.4) is 0 Å². The van der Waals surface area contributed by atoms with Crippen molar-refractivity contribution in [2.24, 2.45) is 0 Å². The Kier molecular flexibility index (Phi) is 6.58. The van der Waals surface area contributed by atoms with Gasteiger partial charge in [0.25, 0.3) is 0 Å². The summed E-state index contributed by atoms with van der Waals surface area (Å²) >= 11 is 0. The summed E-state index contributed by atoms with van der Waals surface area (Å²) in [5.41, 5.74) is 3.12. The first kappa shape index (κ1) is 19.5. The van der Waals surface area contributed by atoms with E-state index in [2.05, 4.69) is 11.0 Å². The second kappa shape index (κ2) is 9.11. The van der Waals surface area contributed by atoms with Crippen LogP contribution in [0.4, 0.5) is 0 Å². The van der Waals surface area contributed by atoms with Crippen molar-refractivity contribution in [1.82, 2.24) is 4.90 Å². The van der Waals surface area contributed by atoms with Gasteiger partial charge in [0.05, 0.1) is 20.3 Å². The number of hydrogen-bond acceptors (Lipinski definition) is 5. The predicted molar refractivity (Wildman–Crippen MR) is 105 cm³/mol. The van der Waals surface area contributed by atoms with E-state index in [1.165, 1.54) is 0 Å². The molecule has 1 fully saturated rings. The Morgan fingerprint density at radius 2 is 1.93 bits per heavy atom. The van der Waals surface area contributed by atoms with Crippen LogP contribution in [-0.4, -0.2) is 43.5 Å². The molecule has 1 aliphatic heterocycles. The van der Waals surface area contributed by atoms with Gasteiger partial charge in [0.1, 0.15) is 5.75 Å². The lowest BCUT2D eigenvalue weighted by atomic mass is 10.1. The van der Waals surface area contributed by atoms with Crippen LogP contribution in [0, 0.1) is 6.92 Å². The van der Waals surface area contributed by atoms with E-state index >= 15 is 0 Å². The summed E-state index contributed by atoms with van der Waals surface area (Å²) in [4.78, 5) is 2.31. The lowest BCUT2D eigenvalue weighted by Crippen LogP contribution is -2.31. The highest BCUT2D eigenvalue weighted by Gasteiger charge is 2.22. The van der Waals surface area contributed by atoms with Gasteiger partial charge in [-0.25, -0.2) is 0 Å². The molecule has 27 heavy (non-hydrogen) atoms. The lowest BCUT2D eigenvalue weighted by molar-refractivity contribution is 0.0673. The minimum Gasteiger partial charge on any atom is -0.508 e. The average molecular weight is 371 g/mol. The Balaban J connectivity index is 1.84. The summed E-state index contributed by atoms with van der Waals surface area (Å²) in [7, 11) is 3.31. The summed E-state index contributed by atoms with van der Waals surface area (Å²) in [5, 5.41) is 10.3. The van der Waals surface area contributed by atoms with E-state index in [4.69, 9.17) is 14.2 Å². The molecule has 1 saturated heterocycles. The van der Waals surface area contributed by atoms with E-state index < -0.39 is 0 Å². The molecule has 0 saturated carbocycles. The number of benzene rings is 2. The van der Waals surface area contributed by atoms with E-state index in [1.54, 1.807) is 20.3 Å². The van der Waals surface area contributed by atoms with E-state index in [0.717, 1.165) is 54.2 Å². The normalized spacial score (nSPS) is 16.7. The second-order valence-electron chi connectivity index (χ2n) is 7.09. The molecule has 5 heteroatoms. The van der Waals surface area contributed by atoms with Crippen LogP contribution in [0.15, 0.2) is 36.4 Å². The molecule has 0 bridgehead atoms. The molecule has 1 N–H and O–H groups in total. The van der Waals surface area contributed by atoms with Gasteiger partial charge in [-0.1, -0.05) is 29.8 Å². The molecule has 146 valence electrons. The summed E-state index contributed by atoms with van der Waals surface area (Å²) in [6, 6.07) is 11.7. The second-order valence-corrected chi connectivity index (χ2v) is 7.09. The maximum absolute atomic E-state index is 10.3. The molecule has 0 aliphatic carbocycles. The molecule has 1 unspecified atom stereocenters. The molecule has 2 aromatic carbocycles. The minimum atomic E-state index is 0.230.